The Labute approximate surface area is 155 Å². The molecule has 26 heavy (non-hydrogen) atoms. The van der Waals surface area contributed by atoms with Gasteiger partial charge in [0.2, 0.25) is 10.0 Å². The Morgan fingerprint density at radius 1 is 0.962 bits per heavy atom. The minimum absolute atomic E-state index is 0.106. The van der Waals surface area contributed by atoms with Crippen molar-refractivity contribution in [3.8, 4) is 0 Å². The maximum Gasteiger partial charge on any atom is 0.233 e. The Balaban J connectivity index is 1.56. The van der Waals surface area contributed by atoms with Gasteiger partial charge in [-0.3, -0.25) is 4.72 Å². The zero-order chi connectivity index (χ0) is 18.4. The van der Waals surface area contributed by atoms with Crippen LogP contribution in [0.5, 0.6) is 0 Å². The summed E-state index contributed by atoms with van der Waals surface area (Å²) in [6.45, 7) is 5.49. The van der Waals surface area contributed by atoms with Crippen LogP contribution in [0.2, 0.25) is 0 Å². The van der Waals surface area contributed by atoms with Crippen LogP contribution in [0.3, 0.4) is 0 Å². The van der Waals surface area contributed by atoms with E-state index in [-0.39, 0.29) is 11.6 Å². The number of nitrogens with one attached hydrogen (secondary N) is 1. The van der Waals surface area contributed by atoms with E-state index < -0.39 is 10.0 Å². The standard InChI is InChI=1S/C18H25N5O2S/c1-2-3-15-26(24,25)21-17-9-10-18(20-19-17)23-13-11-22(12-14-23)16-7-5-4-6-8-16/h4-10H,2-3,11-15H2,1H3,(H,19,21). The molecular formula is C18H25N5O2S. The smallest absolute Gasteiger partial charge is 0.233 e. The van der Waals surface area contributed by atoms with Crippen LogP contribution >= 0.6 is 0 Å². The molecule has 1 aliphatic rings. The number of anilines is 3. The van der Waals surface area contributed by atoms with E-state index in [0.29, 0.717) is 6.42 Å². The van der Waals surface area contributed by atoms with Gasteiger partial charge in [-0.15, -0.1) is 10.2 Å². The summed E-state index contributed by atoms with van der Waals surface area (Å²) in [5, 5.41) is 8.22. The summed E-state index contributed by atoms with van der Waals surface area (Å²) in [5.74, 6) is 1.15. The summed E-state index contributed by atoms with van der Waals surface area (Å²) in [7, 11) is -3.35. The first kappa shape index (κ1) is 18.4. The molecule has 1 aromatic carbocycles. The van der Waals surface area contributed by atoms with Crippen molar-refractivity contribution in [2.75, 3.05) is 46.5 Å². The van der Waals surface area contributed by atoms with Crippen molar-refractivity contribution in [1.82, 2.24) is 10.2 Å². The lowest BCUT2D eigenvalue weighted by Crippen LogP contribution is -2.46. The molecule has 1 fully saturated rings. The molecule has 1 saturated heterocycles. The minimum Gasteiger partial charge on any atom is -0.368 e. The third kappa shape index (κ3) is 4.85. The van der Waals surface area contributed by atoms with Crippen LogP contribution in [0.1, 0.15) is 19.8 Å². The van der Waals surface area contributed by atoms with Crippen molar-refractivity contribution < 1.29 is 8.42 Å². The third-order valence-corrected chi connectivity index (χ3v) is 5.75. The quantitative estimate of drug-likeness (QED) is 0.800. The molecule has 8 heteroatoms. The van der Waals surface area contributed by atoms with Crippen molar-refractivity contribution in [3.63, 3.8) is 0 Å². The molecule has 0 spiro atoms. The number of nitrogens with zero attached hydrogens (tertiary/aromatic N) is 4. The molecule has 2 heterocycles. The van der Waals surface area contributed by atoms with Crippen LogP contribution in [0.4, 0.5) is 17.3 Å². The summed E-state index contributed by atoms with van der Waals surface area (Å²) in [6.07, 6.45) is 1.47. The predicted molar refractivity (Wildman–Crippen MR) is 105 cm³/mol. The average Bonchev–Trinajstić information content (AvgIpc) is 2.68. The maximum absolute atomic E-state index is 11.9. The number of rotatable bonds is 7. The number of hydrogen-bond donors (Lipinski definition) is 1. The second-order valence-corrected chi connectivity index (χ2v) is 8.20. The predicted octanol–water partition coefficient (Wildman–Crippen LogP) is 2.35. The molecule has 0 radical (unpaired) electrons. The summed E-state index contributed by atoms with van der Waals surface area (Å²) in [6, 6.07) is 13.9. The first-order valence-corrected chi connectivity index (χ1v) is 10.6. The molecule has 0 bridgehead atoms. The normalized spacial score (nSPS) is 15.1. The van der Waals surface area contributed by atoms with Gasteiger partial charge in [0.15, 0.2) is 11.6 Å². The van der Waals surface area contributed by atoms with Gasteiger partial charge in [-0.2, -0.15) is 0 Å². The molecule has 7 nitrogen and oxygen atoms in total. The van der Waals surface area contributed by atoms with Crippen LogP contribution in [0.25, 0.3) is 0 Å². The molecular weight excluding hydrogens is 350 g/mol. The second-order valence-electron chi connectivity index (χ2n) is 6.36. The monoisotopic (exact) mass is 375 g/mol. The molecule has 140 valence electrons. The lowest BCUT2D eigenvalue weighted by atomic mass is 10.2. The molecule has 1 aromatic heterocycles. The Morgan fingerprint density at radius 3 is 2.27 bits per heavy atom. The highest BCUT2D eigenvalue weighted by Gasteiger charge is 2.19. The largest absolute Gasteiger partial charge is 0.368 e. The van der Waals surface area contributed by atoms with Crippen molar-refractivity contribution in [2.45, 2.75) is 19.8 Å². The Morgan fingerprint density at radius 2 is 1.65 bits per heavy atom. The first-order chi connectivity index (χ1) is 12.6. The fourth-order valence-corrected chi connectivity index (χ4v) is 4.12. The number of unbranched alkanes of at least 4 members (excludes halogenated alkanes) is 1. The van der Waals surface area contributed by atoms with Gasteiger partial charge >= 0.3 is 0 Å². The molecule has 2 aromatic rings. The summed E-state index contributed by atoms with van der Waals surface area (Å²) < 4.78 is 26.3. The van der Waals surface area contributed by atoms with Crippen LogP contribution in [0, 0.1) is 0 Å². The van der Waals surface area contributed by atoms with Gasteiger partial charge in [0.1, 0.15) is 0 Å². The Hall–Kier alpha value is -2.35. The highest BCUT2D eigenvalue weighted by molar-refractivity contribution is 7.92. The van der Waals surface area contributed by atoms with Crippen molar-refractivity contribution >= 4 is 27.3 Å². The molecule has 0 unspecified atom stereocenters. The van der Waals surface area contributed by atoms with Crippen molar-refractivity contribution in [3.05, 3.63) is 42.5 Å². The van der Waals surface area contributed by atoms with E-state index in [4.69, 9.17) is 0 Å². The topological polar surface area (TPSA) is 78.4 Å². The fraction of sp³-hybridized carbons (Fsp3) is 0.444. The number of aromatic nitrogens is 2. The second kappa shape index (κ2) is 8.35. The van der Waals surface area contributed by atoms with Gasteiger partial charge in [0.25, 0.3) is 0 Å². The molecule has 1 aliphatic heterocycles. The molecule has 0 amide bonds. The van der Waals surface area contributed by atoms with Crippen LogP contribution < -0.4 is 14.5 Å². The van der Waals surface area contributed by atoms with Gasteiger partial charge < -0.3 is 9.80 Å². The Bertz CT molecular complexity index is 788. The number of benzene rings is 1. The van der Waals surface area contributed by atoms with Gasteiger partial charge in [-0.1, -0.05) is 31.5 Å². The van der Waals surface area contributed by atoms with Crippen LogP contribution in [-0.2, 0) is 10.0 Å². The van der Waals surface area contributed by atoms with Gasteiger partial charge in [-0.25, -0.2) is 8.42 Å². The summed E-state index contributed by atoms with van der Waals surface area (Å²) >= 11 is 0. The highest BCUT2D eigenvalue weighted by atomic mass is 32.2. The van der Waals surface area contributed by atoms with E-state index in [1.165, 1.54) is 5.69 Å². The first-order valence-electron chi connectivity index (χ1n) is 8.96. The summed E-state index contributed by atoms with van der Waals surface area (Å²) in [5.41, 5.74) is 1.23. The summed E-state index contributed by atoms with van der Waals surface area (Å²) in [4.78, 5) is 4.52. The van der Waals surface area contributed by atoms with E-state index in [1.54, 1.807) is 6.07 Å². The number of piperazine rings is 1. The van der Waals surface area contributed by atoms with Crippen molar-refractivity contribution in [1.29, 1.82) is 0 Å². The molecule has 0 aliphatic carbocycles. The lowest BCUT2D eigenvalue weighted by Gasteiger charge is -2.36. The molecule has 1 N–H and O–H groups in total. The minimum atomic E-state index is -3.35. The zero-order valence-electron chi connectivity index (χ0n) is 15.0. The number of sulfonamides is 1. The van der Waals surface area contributed by atoms with E-state index in [0.717, 1.165) is 38.4 Å². The number of hydrogen-bond acceptors (Lipinski definition) is 6. The van der Waals surface area contributed by atoms with Crippen LogP contribution in [0.15, 0.2) is 42.5 Å². The molecule has 0 saturated carbocycles. The van der Waals surface area contributed by atoms with E-state index >= 15 is 0 Å². The van der Waals surface area contributed by atoms with Crippen LogP contribution in [-0.4, -0.2) is 50.5 Å². The van der Waals surface area contributed by atoms with E-state index in [9.17, 15) is 8.42 Å². The zero-order valence-corrected chi connectivity index (χ0v) is 15.8. The van der Waals surface area contributed by atoms with Gasteiger partial charge in [0.05, 0.1) is 5.75 Å². The SMILES string of the molecule is CCCCS(=O)(=O)Nc1ccc(N2CCN(c3ccccc3)CC2)nn1. The van der Waals surface area contributed by atoms with E-state index in [1.807, 2.05) is 31.2 Å². The fourth-order valence-electron chi connectivity index (χ4n) is 2.93. The molecule has 3 rings (SSSR count). The van der Waals surface area contributed by atoms with E-state index in [2.05, 4.69) is 36.9 Å². The van der Waals surface area contributed by atoms with Crippen molar-refractivity contribution in [2.24, 2.45) is 0 Å². The third-order valence-electron chi connectivity index (χ3n) is 4.40. The average molecular weight is 375 g/mol. The van der Waals surface area contributed by atoms with Gasteiger partial charge in [-0.05, 0) is 30.7 Å². The number of para-hydroxylation sites is 1. The Kier molecular flexibility index (Phi) is 5.92. The lowest BCUT2D eigenvalue weighted by molar-refractivity contribution is 0.597. The van der Waals surface area contributed by atoms with Gasteiger partial charge in [0, 0.05) is 31.9 Å². The highest BCUT2D eigenvalue weighted by Crippen LogP contribution is 2.19. The maximum atomic E-state index is 11.9. The molecule has 0 atom stereocenters.